The van der Waals surface area contributed by atoms with E-state index in [1.54, 1.807) is 11.8 Å². The molecule has 4 heteroatoms. The molecule has 0 bridgehead atoms. The van der Waals surface area contributed by atoms with Crippen LogP contribution in [0.2, 0.25) is 0 Å². The van der Waals surface area contributed by atoms with E-state index in [1.165, 1.54) is 12.8 Å². The van der Waals surface area contributed by atoms with E-state index in [0.29, 0.717) is 12.6 Å². The summed E-state index contributed by atoms with van der Waals surface area (Å²) in [5.41, 5.74) is 1.01. The SMILES string of the molecule is CSc1ccccc1C(=O)NCC1NCCCC1(C)C. The summed E-state index contributed by atoms with van der Waals surface area (Å²) in [6, 6.07) is 8.11. The zero-order valence-corrected chi connectivity index (χ0v) is 13.3. The normalized spacial score (nSPS) is 21.4. The highest BCUT2D eigenvalue weighted by Gasteiger charge is 2.32. The molecule has 110 valence electrons. The van der Waals surface area contributed by atoms with Crippen LogP contribution in [0.3, 0.4) is 0 Å². The number of thioether (sulfide) groups is 1. The van der Waals surface area contributed by atoms with Crippen molar-refractivity contribution in [3.8, 4) is 0 Å². The first kappa shape index (κ1) is 15.4. The Labute approximate surface area is 125 Å². The van der Waals surface area contributed by atoms with Gasteiger partial charge in [0.15, 0.2) is 0 Å². The van der Waals surface area contributed by atoms with Crippen molar-refractivity contribution >= 4 is 17.7 Å². The highest BCUT2D eigenvalue weighted by Crippen LogP contribution is 2.29. The van der Waals surface area contributed by atoms with E-state index < -0.39 is 0 Å². The maximum atomic E-state index is 12.3. The van der Waals surface area contributed by atoms with Gasteiger partial charge in [-0.25, -0.2) is 0 Å². The van der Waals surface area contributed by atoms with Crippen LogP contribution >= 0.6 is 11.8 Å². The maximum absolute atomic E-state index is 12.3. The molecule has 1 amide bonds. The van der Waals surface area contributed by atoms with Gasteiger partial charge in [-0.15, -0.1) is 11.8 Å². The predicted molar refractivity (Wildman–Crippen MR) is 85.4 cm³/mol. The second-order valence-corrected chi connectivity index (χ2v) is 6.86. The molecule has 0 spiro atoms. The number of benzene rings is 1. The topological polar surface area (TPSA) is 41.1 Å². The van der Waals surface area contributed by atoms with Crippen LogP contribution in [0, 0.1) is 5.41 Å². The van der Waals surface area contributed by atoms with Crippen LogP contribution in [0.5, 0.6) is 0 Å². The van der Waals surface area contributed by atoms with Gasteiger partial charge in [0.1, 0.15) is 0 Å². The number of piperidine rings is 1. The first-order chi connectivity index (χ1) is 9.54. The van der Waals surface area contributed by atoms with Crippen molar-refractivity contribution in [3.05, 3.63) is 29.8 Å². The third-order valence-electron chi connectivity index (χ3n) is 4.15. The summed E-state index contributed by atoms with van der Waals surface area (Å²) in [5, 5.41) is 6.61. The van der Waals surface area contributed by atoms with Gasteiger partial charge in [0.25, 0.3) is 5.91 Å². The van der Waals surface area contributed by atoms with Crippen LogP contribution in [0.1, 0.15) is 37.0 Å². The van der Waals surface area contributed by atoms with Crippen molar-refractivity contribution in [3.63, 3.8) is 0 Å². The van der Waals surface area contributed by atoms with Gasteiger partial charge >= 0.3 is 0 Å². The Balaban J connectivity index is 1.98. The molecular weight excluding hydrogens is 268 g/mol. The average Bonchev–Trinajstić information content (AvgIpc) is 2.45. The molecule has 2 rings (SSSR count). The number of carbonyl (C=O) groups excluding carboxylic acids is 1. The van der Waals surface area contributed by atoms with E-state index in [0.717, 1.165) is 17.0 Å². The Hall–Kier alpha value is -1.00. The lowest BCUT2D eigenvalue weighted by molar-refractivity contribution is 0.0926. The average molecular weight is 292 g/mol. The van der Waals surface area contributed by atoms with Crippen molar-refractivity contribution in [1.29, 1.82) is 0 Å². The third-order valence-corrected chi connectivity index (χ3v) is 4.95. The third kappa shape index (κ3) is 3.55. The fourth-order valence-corrected chi connectivity index (χ4v) is 3.34. The van der Waals surface area contributed by atoms with Gasteiger partial charge in [-0.05, 0) is 43.2 Å². The standard InChI is InChI=1S/C16H24N2OS/c1-16(2)9-6-10-17-14(16)11-18-15(19)12-7-4-5-8-13(12)20-3/h4-5,7-8,14,17H,6,9-11H2,1-3H3,(H,18,19). The molecule has 1 atom stereocenters. The van der Waals surface area contributed by atoms with Gasteiger partial charge in [0, 0.05) is 17.5 Å². The molecule has 3 nitrogen and oxygen atoms in total. The van der Waals surface area contributed by atoms with Gasteiger partial charge in [-0.2, -0.15) is 0 Å². The van der Waals surface area contributed by atoms with Crippen molar-refractivity contribution in [2.75, 3.05) is 19.3 Å². The molecule has 1 heterocycles. The monoisotopic (exact) mass is 292 g/mol. The van der Waals surface area contributed by atoms with Gasteiger partial charge in [0.2, 0.25) is 0 Å². The quantitative estimate of drug-likeness (QED) is 0.838. The van der Waals surface area contributed by atoms with Gasteiger partial charge in [-0.1, -0.05) is 26.0 Å². The molecule has 1 aromatic carbocycles. The van der Waals surface area contributed by atoms with Crippen LogP contribution in [0.25, 0.3) is 0 Å². The van der Waals surface area contributed by atoms with Gasteiger partial charge in [0.05, 0.1) is 5.56 Å². The summed E-state index contributed by atoms with van der Waals surface area (Å²) in [7, 11) is 0. The highest BCUT2D eigenvalue weighted by molar-refractivity contribution is 7.98. The van der Waals surface area contributed by atoms with Crippen LogP contribution in [-0.4, -0.2) is 31.3 Å². The smallest absolute Gasteiger partial charge is 0.252 e. The molecular formula is C16H24N2OS. The van der Waals surface area contributed by atoms with E-state index in [4.69, 9.17) is 0 Å². The van der Waals surface area contributed by atoms with Crippen molar-refractivity contribution in [1.82, 2.24) is 10.6 Å². The molecule has 0 radical (unpaired) electrons. The second kappa shape index (κ2) is 6.64. The van der Waals surface area contributed by atoms with Crippen LogP contribution in [0.4, 0.5) is 0 Å². The molecule has 0 aromatic heterocycles. The Morgan fingerprint density at radius 3 is 2.90 bits per heavy atom. The van der Waals surface area contributed by atoms with Crippen LogP contribution < -0.4 is 10.6 Å². The van der Waals surface area contributed by atoms with Gasteiger partial charge in [-0.3, -0.25) is 4.79 Å². The summed E-state index contributed by atoms with van der Waals surface area (Å²) in [4.78, 5) is 13.4. The largest absolute Gasteiger partial charge is 0.350 e. The molecule has 1 aliphatic rings. The first-order valence-electron chi connectivity index (χ1n) is 7.19. The van der Waals surface area contributed by atoms with Crippen molar-refractivity contribution in [2.45, 2.75) is 37.6 Å². The Morgan fingerprint density at radius 1 is 1.45 bits per heavy atom. The van der Waals surface area contributed by atoms with E-state index in [-0.39, 0.29) is 11.3 Å². The lowest BCUT2D eigenvalue weighted by Crippen LogP contribution is -2.52. The van der Waals surface area contributed by atoms with Crippen LogP contribution in [0.15, 0.2) is 29.2 Å². The summed E-state index contributed by atoms with van der Waals surface area (Å²) in [6.45, 7) is 6.28. The minimum absolute atomic E-state index is 0.0260. The molecule has 1 saturated heterocycles. The number of hydrogen-bond donors (Lipinski definition) is 2. The molecule has 1 fully saturated rings. The second-order valence-electron chi connectivity index (χ2n) is 6.01. The fraction of sp³-hybridized carbons (Fsp3) is 0.562. The van der Waals surface area contributed by atoms with E-state index in [2.05, 4.69) is 24.5 Å². The minimum atomic E-state index is 0.0260. The van der Waals surface area contributed by atoms with Crippen molar-refractivity contribution in [2.24, 2.45) is 5.41 Å². The van der Waals surface area contributed by atoms with Crippen LogP contribution in [-0.2, 0) is 0 Å². The molecule has 0 aliphatic carbocycles. The molecule has 1 unspecified atom stereocenters. The highest BCUT2D eigenvalue weighted by atomic mass is 32.2. The van der Waals surface area contributed by atoms with Gasteiger partial charge < -0.3 is 10.6 Å². The molecule has 2 N–H and O–H groups in total. The zero-order valence-electron chi connectivity index (χ0n) is 12.5. The lowest BCUT2D eigenvalue weighted by Gasteiger charge is -2.39. The number of carbonyl (C=O) groups is 1. The lowest BCUT2D eigenvalue weighted by atomic mass is 9.77. The molecule has 20 heavy (non-hydrogen) atoms. The summed E-state index contributed by atoms with van der Waals surface area (Å²) < 4.78 is 0. The molecule has 1 aromatic rings. The Morgan fingerprint density at radius 2 is 2.20 bits per heavy atom. The number of hydrogen-bond acceptors (Lipinski definition) is 3. The number of rotatable bonds is 4. The minimum Gasteiger partial charge on any atom is -0.350 e. The molecule has 0 saturated carbocycles. The summed E-state index contributed by atoms with van der Waals surface area (Å²) >= 11 is 1.61. The summed E-state index contributed by atoms with van der Waals surface area (Å²) in [6.07, 6.45) is 4.42. The molecule has 1 aliphatic heterocycles. The summed E-state index contributed by atoms with van der Waals surface area (Å²) in [5.74, 6) is 0.0260. The fourth-order valence-electron chi connectivity index (χ4n) is 2.74. The van der Waals surface area contributed by atoms with E-state index in [9.17, 15) is 4.79 Å². The first-order valence-corrected chi connectivity index (χ1v) is 8.41. The Bertz CT molecular complexity index is 473. The zero-order chi connectivity index (χ0) is 14.6. The van der Waals surface area contributed by atoms with E-state index >= 15 is 0 Å². The predicted octanol–water partition coefficient (Wildman–Crippen LogP) is 2.92. The maximum Gasteiger partial charge on any atom is 0.252 e. The Kier molecular flexibility index (Phi) is 5.11. The number of amides is 1. The van der Waals surface area contributed by atoms with Crippen molar-refractivity contribution < 1.29 is 4.79 Å². The van der Waals surface area contributed by atoms with E-state index in [1.807, 2.05) is 30.5 Å². The number of nitrogens with one attached hydrogen (secondary N) is 2.